The van der Waals surface area contributed by atoms with Crippen LogP contribution in [0.2, 0.25) is 0 Å². The number of likely N-dealkylation sites (N-methyl/N-ethyl adjacent to an activating group) is 1. The van der Waals surface area contributed by atoms with Crippen molar-refractivity contribution in [3.8, 4) is 5.75 Å². The predicted octanol–water partition coefficient (Wildman–Crippen LogP) is 1.16. The lowest BCUT2D eigenvalue weighted by Crippen LogP contribution is -2.21. The van der Waals surface area contributed by atoms with Crippen molar-refractivity contribution in [1.29, 1.82) is 0 Å². The number of ether oxygens (including phenoxy) is 1. The van der Waals surface area contributed by atoms with Crippen LogP contribution in [0.25, 0.3) is 0 Å². The average molecular weight is 178 g/mol. The van der Waals surface area contributed by atoms with Gasteiger partial charge in [0.2, 0.25) is 0 Å². The minimum atomic E-state index is 0.354. The molecule has 0 saturated carbocycles. The molecule has 3 nitrogen and oxygen atoms in total. The monoisotopic (exact) mass is 178 g/mol. The standard InChI is InChI=1S/C10H14N2O/c1-12-7-4-10(8-12)13-9-2-5-11-6-3-9/h2-3,5-6,10H,4,7-8H2,1H3/t10-/m1/s1. The molecule has 0 amide bonds. The third-order valence-corrected chi connectivity index (χ3v) is 2.30. The van der Waals surface area contributed by atoms with E-state index in [1.807, 2.05) is 12.1 Å². The van der Waals surface area contributed by atoms with E-state index < -0.39 is 0 Å². The maximum Gasteiger partial charge on any atom is 0.122 e. The minimum Gasteiger partial charge on any atom is -0.489 e. The van der Waals surface area contributed by atoms with Gasteiger partial charge in [0.15, 0.2) is 0 Å². The zero-order chi connectivity index (χ0) is 9.10. The number of nitrogens with zero attached hydrogens (tertiary/aromatic N) is 2. The van der Waals surface area contributed by atoms with Gasteiger partial charge in [0.25, 0.3) is 0 Å². The second-order valence-corrected chi connectivity index (χ2v) is 3.47. The summed E-state index contributed by atoms with van der Waals surface area (Å²) in [6, 6.07) is 3.80. The van der Waals surface area contributed by atoms with Gasteiger partial charge in [-0.2, -0.15) is 0 Å². The van der Waals surface area contributed by atoms with Gasteiger partial charge in [-0.15, -0.1) is 0 Å². The fourth-order valence-corrected chi connectivity index (χ4v) is 1.60. The lowest BCUT2D eigenvalue weighted by molar-refractivity contribution is 0.208. The maximum absolute atomic E-state index is 5.76. The van der Waals surface area contributed by atoms with Crippen molar-refractivity contribution in [2.24, 2.45) is 0 Å². The lowest BCUT2D eigenvalue weighted by atomic mass is 10.3. The Balaban J connectivity index is 1.92. The van der Waals surface area contributed by atoms with Crippen LogP contribution in [-0.4, -0.2) is 36.1 Å². The molecule has 0 bridgehead atoms. The molecule has 0 N–H and O–H groups in total. The summed E-state index contributed by atoms with van der Waals surface area (Å²) in [6.45, 7) is 2.16. The van der Waals surface area contributed by atoms with Crippen LogP contribution in [0, 0.1) is 0 Å². The van der Waals surface area contributed by atoms with Crippen LogP contribution in [0.4, 0.5) is 0 Å². The van der Waals surface area contributed by atoms with Crippen molar-refractivity contribution >= 4 is 0 Å². The summed E-state index contributed by atoms with van der Waals surface area (Å²) in [7, 11) is 2.12. The first-order chi connectivity index (χ1) is 6.34. The summed E-state index contributed by atoms with van der Waals surface area (Å²) in [5.41, 5.74) is 0. The van der Waals surface area contributed by atoms with Gasteiger partial charge in [0.05, 0.1) is 0 Å². The normalized spacial score (nSPS) is 23.3. The van der Waals surface area contributed by atoms with Gasteiger partial charge in [0.1, 0.15) is 11.9 Å². The van der Waals surface area contributed by atoms with Crippen LogP contribution in [0.15, 0.2) is 24.5 Å². The van der Waals surface area contributed by atoms with Crippen molar-refractivity contribution in [2.45, 2.75) is 12.5 Å². The fraction of sp³-hybridized carbons (Fsp3) is 0.500. The molecule has 1 aliphatic heterocycles. The third kappa shape index (κ3) is 2.18. The smallest absolute Gasteiger partial charge is 0.122 e. The van der Waals surface area contributed by atoms with Gasteiger partial charge in [-0.05, 0) is 25.6 Å². The van der Waals surface area contributed by atoms with E-state index in [1.54, 1.807) is 12.4 Å². The quantitative estimate of drug-likeness (QED) is 0.679. The third-order valence-electron chi connectivity index (χ3n) is 2.30. The Morgan fingerprint density at radius 1 is 1.46 bits per heavy atom. The zero-order valence-electron chi connectivity index (χ0n) is 7.81. The molecule has 3 heteroatoms. The average Bonchev–Trinajstić information content (AvgIpc) is 2.53. The summed E-state index contributed by atoms with van der Waals surface area (Å²) in [6.07, 6.45) is 4.99. The predicted molar refractivity (Wildman–Crippen MR) is 50.8 cm³/mol. The van der Waals surface area contributed by atoms with Crippen molar-refractivity contribution in [2.75, 3.05) is 20.1 Å². The van der Waals surface area contributed by atoms with E-state index in [0.717, 1.165) is 25.3 Å². The highest BCUT2D eigenvalue weighted by atomic mass is 16.5. The van der Waals surface area contributed by atoms with E-state index in [1.165, 1.54) is 0 Å². The minimum absolute atomic E-state index is 0.354. The molecule has 1 aromatic rings. The lowest BCUT2D eigenvalue weighted by Gasteiger charge is -2.12. The Morgan fingerprint density at radius 3 is 2.85 bits per heavy atom. The molecule has 1 atom stereocenters. The summed E-state index contributed by atoms with van der Waals surface area (Å²) in [5, 5.41) is 0. The van der Waals surface area contributed by atoms with Gasteiger partial charge in [-0.1, -0.05) is 0 Å². The van der Waals surface area contributed by atoms with Crippen LogP contribution in [0.3, 0.4) is 0 Å². The second kappa shape index (κ2) is 3.75. The highest BCUT2D eigenvalue weighted by molar-refractivity contribution is 5.17. The van der Waals surface area contributed by atoms with Crippen LogP contribution in [-0.2, 0) is 0 Å². The van der Waals surface area contributed by atoms with E-state index in [4.69, 9.17) is 4.74 Å². The Kier molecular flexibility index (Phi) is 2.45. The van der Waals surface area contributed by atoms with Gasteiger partial charge in [-0.25, -0.2) is 0 Å². The summed E-state index contributed by atoms with van der Waals surface area (Å²) < 4.78 is 5.76. The highest BCUT2D eigenvalue weighted by Gasteiger charge is 2.20. The molecule has 0 aliphatic carbocycles. The summed E-state index contributed by atoms with van der Waals surface area (Å²) >= 11 is 0. The van der Waals surface area contributed by atoms with E-state index in [2.05, 4.69) is 16.9 Å². The molecule has 2 heterocycles. The molecule has 1 saturated heterocycles. The molecular formula is C10H14N2O. The first-order valence-electron chi connectivity index (χ1n) is 4.60. The second-order valence-electron chi connectivity index (χ2n) is 3.47. The molecule has 13 heavy (non-hydrogen) atoms. The zero-order valence-corrected chi connectivity index (χ0v) is 7.81. The molecule has 0 radical (unpaired) electrons. The van der Waals surface area contributed by atoms with E-state index in [0.29, 0.717) is 6.10 Å². The van der Waals surface area contributed by atoms with Crippen LogP contribution < -0.4 is 4.74 Å². The maximum atomic E-state index is 5.76. The topological polar surface area (TPSA) is 25.4 Å². The molecule has 1 aliphatic rings. The number of rotatable bonds is 2. The molecule has 0 aromatic carbocycles. The van der Waals surface area contributed by atoms with Gasteiger partial charge >= 0.3 is 0 Å². The van der Waals surface area contributed by atoms with Crippen LogP contribution in [0.1, 0.15) is 6.42 Å². The van der Waals surface area contributed by atoms with E-state index in [9.17, 15) is 0 Å². The van der Waals surface area contributed by atoms with Crippen LogP contribution in [0.5, 0.6) is 5.75 Å². The summed E-state index contributed by atoms with van der Waals surface area (Å²) in [4.78, 5) is 6.23. The van der Waals surface area contributed by atoms with Gasteiger partial charge in [-0.3, -0.25) is 4.98 Å². The Bertz CT molecular complexity index is 263. The van der Waals surface area contributed by atoms with Crippen molar-refractivity contribution in [3.05, 3.63) is 24.5 Å². The fourth-order valence-electron chi connectivity index (χ4n) is 1.60. The summed E-state index contributed by atoms with van der Waals surface area (Å²) in [5.74, 6) is 0.926. The molecule has 70 valence electrons. The SMILES string of the molecule is CN1CC[C@@H](Oc2ccncc2)C1. The molecule has 1 fully saturated rings. The molecule has 0 unspecified atom stereocenters. The Labute approximate surface area is 78.3 Å². The first kappa shape index (κ1) is 8.51. The largest absolute Gasteiger partial charge is 0.489 e. The van der Waals surface area contributed by atoms with Crippen LogP contribution >= 0.6 is 0 Å². The number of pyridine rings is 1. The van der Waals surface area contributed by atoms with E-state index >= 15 is 0 Å². The first-order valence-corrected chi connectivity index (χ1v) is 4.60. The van der Waals surface area contributed by atoms with Crippen molar-refractivity contribution < 1.29 is 4.74 Å². The van der Waals surface area contributed by atoms with Gasteiger partial charge in [0, 0.05) is 25.5 Å². The number of hydrogen-bond donors (Lipinski definition) is 0. The number of aromatic nitrogens is 1. The van der Waals surface area contributed by atoms with E-state index in [-0.39, 0.29) is 0 Å². The molecule has 2 rings (SSSR count). The van der Waals surface area contributed by atoms with Crippen molar-refractivity contribution in [3.63, 3.8) is 0 Å². The number of likely N-dealkylation sites (tertiary alicyclic amines) is 1. The van der Waals surface area contributed by atoms with Crippen molar-refractivity contribution in [1.82, 2.24) is 9.88 Å². The Hall–Kier alpha value is -1.09. The highest BCUT2D eigenvalue weighted by Crippen LogP contribution is 2.15. The molecule has 1 aromatic heterocycles. The Morgan fingerprint density at radius 2 is 2.23 bits per heavy atom. The van der Waals surface area contributed by atoms with Gasteiger partial charge < -0.3 is 9.64 Å². The number of hydrogen-bond acceptors (Lipinski definition) is 3. The molecular weight excluding hydrogens is 164 g/mol. The molecule has 0 spiro atoms.